The maximum Gasteiger partial charge on any atom is 0.315 e. The van der Waals surface area contributed by atoms with E-state index in [1.165, 1.54) is 5.56 Å². The Morgan fingerprint density at radius 2 is 2.24 bits per heavy atom. The Bertz CT molecular complexity index is 673. The van der Waals surface area contributed by atoms with Crippen LogP contribution in [0.4, 0.5) is 10.7 Å². The van der Waals surface area contributed by atoms with Crippen molar-refractivity contribution in [3.8, 4) is 0 Å². The van der Waals surface area contributed by atoms with Crippen molar-refractivity contribution in [1.29, 1.82) is 0 Å². The van der Waals surface area contributed by atoms with E-state index in [9.17, 15) is 4.79 Å². The molecule has 0 spiro atoms. The number of anilines is 1. The Kier molecular flexibility index (Phi) is 5.81. The first kappa shape index (κ1) is 17.2. The lowest BCUT2D eigenvalue weighted by Crippen LogP contribution is -2.51. The molecule has 8 nitrogen and oxygen atoms in total. The van der Waals surface area contributed by atoms with Gasteiger partial charge in [-0.15, -0.1) is 0 Å². The molecule has 0 saturated carbocycles. The number of aryl methyl sites for hydroxylation is 2. The van der Waals surface area contributed by atoms with Crippen LogP contribution in [-0.4, -0.2) is 51.9 Å². The Hall–Kier alpha value is -2.64. The lowest BCUT2D eigenvalue weighted by molar-refractivity contribution is 0.235. The summed E-state index contributed by atoms with van der Waals surface area (Å²) in [6, 6.07) is 1.82. The number of nitrogens with one attached hydrogen (secondary N) is 3. The van der Waals surface area contributed by atoms with Crippen LogP contribution in [0.1, 0.15) is 30.5 Å². The van der Waals surface area contributed by atoms with Crippen LogP contribution in [0.15, 0.2) is 24.7 Å². The number of amides is 2. The van der Waals surface area contributed by atoms with Gasteiger partial charge < -0.3 is 15.5 Å². The average Bonchev–Trinajstić information content (AvgIpc) is 3.05. The Morgan fingerprint density at radius 1 is 1.40 bits per heavy atom. The average molecular weight is 343 g/mol. The van der Waals surface area contributed by atoms with Gasteiger partial charge in [-0.1, -0.05) is 0 Å². The molecular formula is C17H25N7O. The summed E-state index contributed by atoms with van der Waals surface area (Å²) in [6.45, 7) is 4.32. The van der Waals surface area contributed by atoms with Gasteiger partial charge in [0.25, 0.3) is 0 Å². The molecule has 0 bridgehead atoms. The molecule has 3 N–H and O–H groups in total. The van der Waals surface area contributed by atoms with E-state index in [0.717, 1.165) is 50.4 Å². The number of carbonyl (C=O) groups is 1. The summed E-state index contributed by atoms with van der Waals surface area (Å²) in [5, 5.41) is 12.9. The molecule has 2 amide bonds. The Morgan fingerprint density at radius 3 is 3.00 bits per heavy atom. The summed E-state index contributed by atoms with van der Waals surface area (Å²) in [7, 11) is 0. The second kappa shape index (κ2) is 8.46. The molecule has 0 unspecified atom stereocenters. The van der Waals surface area contributed by atoms with E-state index < -0.39 is 0 Å². The number of hydrogen-bond acceptors (Lipinski definition) is 5. The number of aromatic nitrogens is 4. The highest BCUT2D eigenvalue weighted by atomic mass is 16.2. The SMILES string of the molecule is Cc1[nH]ncc1CCCNC(=O)N[C@@H]1CCCN(c2ncccn2)C1. The molecule has 3 rings (SSSR count). The normalized spacial score (nSPS) is 17.3. The minimum atomic E-state index is -0.107. The molecule has 1 fully saturated rings. The number of piperidine rings is 1. The minimum absolute atomic E-state index is 0.107. The van der Waals surface area contributed by atoms with Gasteiger partial charge in [0.15, 0.2) is 0 Å². The van der Waals surface area contributed by atoms with Crippen LogP contribution in [-0.2, 0) is 6.42 Å². The van der Waals surface area contributed by atoms with Gasteiger partial charge in [0.05, 0.1) is 6.20 Å². The predicted octanol–water partition coefficient (Wildman–Crippen LogP) is 1.41. The molecule has 8 heteroatoms. The molecule has 3 heterocycles. The van der Waals surface area contributed by atoms with Crippen LogP contribution in [0.2, 0.25) is 0 Å². The third-order valence-corrected chi connectivity index (χ3v) is 4.43. The highest BCUT2D eigenvalue weighted by Gasteiger charge is 2.22. The maximum atomic E-state index is 12.1. The topological polar surface area (TPSA) is 98.8 Å². The first-order valence-electron chi connectivity index (χ1n) is 8.77. The smallest absolute Gasteiger partial charge is 0.315 e. The van der Waals surface area contributed by atoms with Gasteiger partial charge >= 0.3 is 6.03 Å². The van der Waals surface area contributed by atoms with Crippen molar-refractivity contribution in [1.82, 2.24) is 30.8 Å². The molecule has 0 radical (unpaired) electrons. The van der Waals surface area contributed by atoms with E-state index >= 15 is 0 Å². The Balaban J connectivity index is 1.38. The van der Waals surface area contributed by atoms with Crippen LogP contribution < -0.4 is 15.5 Å². The van der Waals surface area contributed by atoms with E-state index in [0.29, 0.717) is 6.54 Å². The molecule has 1 atom stereocenters. The molecule has 1 aliphatic rings. The van der Waals surface area contributed by atoms with Crippen molar-refractivity contribution in [2.24, 2.45) is 0 Å². The van der Waals surface area contributed by atoms with Gasteiger partial charge in [0, 0.05) is 43.8 Å². The first-order valence-corrected chi connectivity index (χ1v) is 8.77. The third kappa shape index (κ3) is 4.91. The van der Waals surface area contributed by atoms with Crippen molar-refractivity contribution in [3.63, 3.8) is 0 Å². The van der Waals surface area contributed by atoms with Crippen molar-refractivity contribution < 1.29 is 4.79 Å². The molecule has 1 aliphatic heterocycles. The van der Waals surface area contributed by atoms with Crippen LogP contribution in [0, 0.1) is 6.92 Å². The van der Waals surface area contributed by atoms with Crippen molar-refractivity contribution in [2.45, 2.75) is 38.6 Å². The zero-order chi connectivity index (χ0) is 17.5. The Labute approximate surface area is 147 Å². The number of H-pyrrole nitrogens is 1. The minimum Gasteiger partial charge on any atom is -0.339 e. The van der Waals surface area contributed by atoms with Gasteiger partial charge in [-0.25, -0.2) is 14.8 Å². The zero-order valence-corrected chi connectivity index (χ0v) is 14.5. The number of nitrogens with zero attached hydrogens (tertiary/aromatic N) is 4. The molecule has 0 aromatic carbocycles. The van der Waals surface area contributed by atoms with Crippen LogP contribution in [0.25, 0.3) is 0 Å². The van der Waals surface area contributed by atoms with Crippen molar-refractivity contribution in [3.05, 3.63) is 35.9 Å². The number of hydrogen-bond donors (Lipinski definition) is 3. The van der Waals surface area contributed by atoms with Crippen LogP contribution in [0.3, 0.4) is 0 Å². The second-order valence-corrected chi connectivity index (χ2v) is 6.36. The fraction of sp³-hybridized carbons (Fsp3) is 0.529. The van der Waals surface area contributed by atoms with Gasteiger partial charge in [-0.05, 0) is 44.2 Å². The standard InChI is InChI=1S/C17H25N7O/c1-13-14(11-21-23-13)5-2-7-20-17(25)22-15-6-3-10-24(12-15)16-18-8-4-9-19-16/h4,8-9,11,15H,2-3,5-7,10,12H2,1H3,(H,21,23)(H2,20,22,25)/t15-/m1/s1. The summed E-state index contributed by atoms with van der Waals surface area (Å²) in [5.74, 6) is 0.727. The first-order chi connectivity index (χ1) is 12.2. The number of carbonyl (C=O) groups excluding carboxylic acids is 1. The van der Waals surface area contributed by atoms with E-state index in [-0.39, 0.29) is 12.1 Å². The van der Waals surface area contributed by atoms with Gasteiger partial charge in [-0.2, -0.15) is 5.10 Å². The quantitative estimate of drug-likeness (QED) is 0.689. The lowest BCUT2D eigenvalue weighted by atomic mass is 10.1. The highest BCUT2D eigenvalue weighted by molar-refractivity contribution is 5.74. The summed E-state index contributed by atoms with van der Waals surface area (Å²) >= 11 is 0. The van der Waals surface area contributed by atoms with Gasteiger partial charge in [0.1, 0.15) is 0 Å². The number of rotatable bonds is 6. The molecular weight excluding hydrogens is 318 g/mol. The number of aromatic amines is 1. The molecule has 0 aliphatic carbocycles. The van der Waals surface area contributed by atoms with E-state index in [1.54, 1.807) is 12.4 Å². The largest absolute Gasteiger partial charge is 0.339 e. The van der Waals surface area contributed by atoms with Gasteiger partial charge in [-0.3, -0.25) is 5.10 Å². The molecule has 2 aromatic heterocycles. The number of urea groups is 1. The van der Waals surface area contributed by atoms with Crippen LogP contribution in [0.5, 0.6) is 0 Å². The third-order valence-electron chi connectivity index (χ3n) is 4.43. The molecule has 134 valence electrons. The summed E-state index contributed by atoms with van der Waals surface area (Å²) < 4.78 is 0. The van der Waals surface area contributed by atoms with Crippen LogP contribution >= 0.6 is 0 Å². The monoisotopic (exact) mass is 343 g/mol. The van der Waals surface area contributed by atoms with Gasteiger partial charge in [0.2, 0.25) is 5.95 Å². The molecule has 2 aromatic rings. The second-order valence-electron chi connectivity index (χ2n) is 6.36. The molecule has 25 heavy (non-hydrogen) atoms. The summed E-state index contributed by atoms with van der Waals surface area (Å²) in [5.41, 5.74) is 2.29. The van der Waals surface area contributed by atoms with E-state index in [2.05, 4.69) is 35.7 Å². The van der Waals surface area contributed by atoms with E-state index in [1.807, 2.05) is 19.2 Å². The van der Waals surface area contributed by atoms with E-state index in [4.69, 9.17) is 0 Å². The zero-order valence-electron chi connectivity index (χ0n) is 14.5. The highest BCUT2D eigenvalue weighted by Crippen LogP contribution is 2.15. The maximum absolute atomic E-state index is 12.1. The van der Waals surface area contributed by atoms with Crippen molar-refractivity contribution in [2.75, 3.05) is 24.5 Å². The fourth-order valence-electron chi connectivity index (χ4n) is 3.08. The lowest BCUT2D eigenvalue weighted by Gasteiger charge is -2.33. The summed E-state index contributed by atoms with van der Waals surface area (Å²) in [6.07, 6.45) is 9.13. The van der Waals surface area contributed by atoms with Crippen molar-refractivity contribution >= 4 is 12.0 Å². The summed E-state index contributed by atoms with van der Waals surface area (Å²) in [4.78, 5) is 22.8. The fourth-order valence-corrected chi connectivity index (χ4v) is 3.08. The predicted molar refractivity (Wildman–Crippen MR) is 95.4 cm³/mol. The molecule has 1 saturated heterocycles.